The number of carbonyl (C=O) groups is 1. The molecule has 0 amide bonds. The van der Waals surface area contributed by atoms with Gasteiger partial charge in [-0.25, -0.2) is 9.48 Å². The van der Waals surface area contributed by atoms with E-state index in [1.165, 1.54) is 4.68 Å². The smallest absolute Gasteiger partial charge is 0.359 e. The topological polar surface area (TPSA) is 100 Å². The molecule has 2 heterocycles. The van der Waals surface area contributed by atoms with E-state index in [0.717, 1.165) is 5.56 Å². The zero-order valence-electron chi connectivity index (χ0n) is 16.6. The highest BCUT2D eigenvalue weighted by Gasteiger charge is 2.19. The molecule has 4 rings (SSSR count). The Bertz CT molecular complexity index is 1240. The van der Waals surface area contributed by atoms with Gasteiger partial charge < -0.3 is 9.26 Å². The lowest BCUT2D eigenvalue weighted by atomic mass is 10.1. The maximum absolute atomic E-state index is 12.9. The van der Waals surface area contributed by atoms with E-state index in [2.05, 4.69) is 15.2 Å². The van der Waals surface area contributed by atoms with E-state index < -0.39 is 5.97 Å². The van der Waals surface area contributed by atoms with Crippen LogP contribution in [0.5, 0.6) is 0 Å². The van der Waals surface area contributed by atoms with Crippen molar-refractivity contribution in [1.29, 1.82) is 0 Å². The highest BCUT2D eigenvalue weighted by atomic mass is 16.6. The molecule has 0 spiro atoms. The van der Waals surface area contributed by atoms with E-state index in [0.29, 0.717) is 16.6 Å². The Hall–Kier alpha value is -3.81. The van der Waals surface area contributed by atoms with Crippen LogP contribution in [0.1, 0.15) is 47.5 Å². The van der Waals surface area contributed by atoms with Crippen molar-refractivity contribution in [2.24, 2.45) is 0 Å². The van der Waals surface area contributed by atoms with Crippen LogP contribution < -0.4 is 5.56 Å². The van der Waals surface area contributed by atoms with Gasteiger partial charge in [0, 0.05) is 11.3 Å². The molecule has 2 aromatic heterocycles. The number of hydrogen-bond donors (Lipinski definition) is 0. The Morgan fingerprint density at radius 2 is 1.77 bits per heavy atom. The lowest BCUT2D eigenvalue weighted by Crippen LogP contribution is -2.27. The summed E-state index contributed by atoms with van der Waals surface area (Å²) in [6, 6.07) is 16.3. The highest BCUT2D eigenvalue weighted by Crippen LogP contribution is 2.16. The number of nitrogens with zero attached hydrogens (tertiary/aromatic N) is 4. The van der Waals surface area contributed by atoms with Gasteiger partial charge in [0.1, 0.15) is 0 Å². The Morgan fingerprint density at radius 1 is 1.07 bits per heavy atom. The maximum Gasteiger partial charge on any atom is 0.359 e. The fourth-order valence-corrected chi connectivity index (χ4v) is 3.01. The SMILES string of the molecule is CC(C)c1noc(COC(=O)c2nn(Cc3ccccc3)c(=O)c3ccccc23)n1. The predicted molar refractivity (Wildman–Crippen MR) is 109 cm³/mol. The minimum Gasteiger partial charge on any atom is -0.451 e. The van der Waals surface area contributed by atoms with Crippen LogP contribution in [0.25, 0.3) is 10.8 Å². The van der Waals surface area contributed by atoms with Gasteiger partial charge in [0.15, 0.2) is 18.1 Å². The highest BCUT2D eigenvalue weighted by molar-refractivity contribution is 6.02. The average Bonchev–Trinajstić information content (AvgIpc) is 3.24. The first-order valence-corrected chi connectivity index (χ1v) is 9.56. The molecular weight excluding hydrogens is 384 g/mol. The molecule has 0 N–H and O–H groups in total. The molecule has 0 bridgehead atoms. The van der Waals surface area contributed by atoms with Gasteiger partial charge in [-0.15, -0.1) is 0 Å². The number of rotatable bonds is 6. The molecule has 152 valence electrons. The van der Waals surface area contributed by atoms with E-state index in [9.17, 15) is 9.59 Å². The summed E-state index contributed by atoms with van der Waals surface area (Å²) in [5.74, 6) is 0.178. The van der Waals surface area contributed by atoms with Gasteiger partial charge in [0.05, 0.1) is 11.9 Å². The second-order valence-corrected chi connectivity index (χ2v) is 7.12. The van der Waals surface area contributed by atoms with Crippen LogP contribution >= 0.6 is 0 Å². The molecule has 30 heavy (non-hydrogen) atoms. The molecule has 0 saturated heterocycles. The van der Waals surface area contributed by atoms with Gasteiger partial charge >= 0.3 is 5.97 Å². The second kappa shape index (κ2) is 8.28. The molecule has 0 radical (unpaired) electrons. The van der Waals surface area contributed by atoms with Crippen molar-refractivity contribution in [3.8, 4) is 0 Å². The Labute approximate surface area is 172 Å². The average molecular weight is 404 g/mol. The molecule has 0 unspecified atom stereocenters. The van der Waals surface area contributed by atoms with E-state index in [-0.39, 0.29) is 36.2 Å². The fourth-order valence-electron chi connectivity index (χ4n) is 3.01. The van der Waals surface area contributed by atoms with Crippen molar-refractivity contribution in [2.75, 3.05) is 0 Å². The van der Waals surface area contributed by atoms with Crippen molar-refractivity contribution < 1.29 is 14.1 Å². The molecule has 0 aliphatic heterocycles. The minimum atomic E-state index is -0.669. The molecule has 0 fully saturated rings. The van der Waals surface area contributed by atoms with E-state index in [4.69, 9.17) is 9.26 Å². The molecule has 0 aliphatic rings. The molecule has 2 aromatic carbocycles. The number of esters is 1. The molecule has 0 atom stereocenters. The first-order chi connectivity index (χ1) is 14.5. The zero-order valence-corrected chi connectivity index (χ0v) is 16.6. The first-order valence-electron chi connectivity index (χ1n) is 9.56. The monoisotopic (exact) mass is 404 g/mol. The van der Waals surface area contributed by atoms with Crippen LogP contribution in [-0.4, -0.2) is 25.9 Å². The summed E-state index contributed by atoms with van der Waals surface area (Å²) < 4.78 is 11.7. The zero-order chi connectivity index (χ0) is 21.1. The summed E-state index contributed by atoms with van der Waals surface area (Å²) in [5, 5.41) is 8.99. The third-order valence-electron chi connectivity index (χ3n) is 4.56. The first kappa shape index (κ1) is 19.5. The van der Waals surface area contributed by atoms with Gasteiger partial charge in [-0.2, -0.15) is 10.1 Å². The van der Waals surface area contributed by atoms with Crippen LogP contribution in [0, 0.1) is 0 Å². The van der Waals surface area contributed by atoms with E-state index in [1.807, 2.05) is 44.2 Å². The van der Waals surface area contributed by atoms with Gasteiger partial charge in [-0.05, 0) is 11.6 Å². The summed E-state index contributed by atoms with van der Waals surface area (Å²) in [6.45, 7) is 3.94. The Morgan fingerprint density at radius 3 is 2.47 bits per heavy atom. The van der Waals surface area contributed by atoms with Gasteiger partial charge in [-0.1, -0.05) is 67.5 Å². The van der Waals surface area contributed by atoms with Crippen molar-refractivity contribution in [3.05, 3.63) is 87.9 Å². The number of carbonyl (C=O) groups excluding carboxylic acids is 1. The lowest BCUT2D eigenvalue weighted by Gasteiger charge is -2.10. The van der Waals surface area contributed by atoms with Crippen LogP contribution in [0.15, 0.2) is 63.9 Å². The van der Waals surface area contributed by atoms with Crippen molar-refractivity contribution >= 4 is 16.7 Å². The van der Waals surface area contributed by atoms with Gasteiger partial charge in [-0.3, -0.25) is 4.79 Å². The van der Waals surface area contributed by atoms with Crippen molar-refractivity contribution in [2.45, 2.75) is 32.9 Å². The maximum atomic E-state index is 12.9. The number of benzene rings is 2. The van der Waals surface area contributed by atoms with E-state index in [1.54, 1.807) is 24.3 Å². The molecular formula is C22H20N4O4. The number of ether oxygens (including phenoxy) is 1. The molecule has 0 saturated carbocycles. The number of fused-ring (bicyclic) bond motifs is 1. The van der Waals surface area contributed by atoms with Crippen LogP contribution in [-0.2, 0) is 17.9 Å². The van der Waals surface area contributed by atoms with Crippen molar-refractivity contribution in [3.63, 3.8) is 0 Å². The summed E-state index contributed by atoms with van der Waals surface area (Å²) >= 11 is 0. The minimum absolute atomic E-state index is 0.0599. The fraction of sp³-hybridized carbons (Fsp3) is 0.227. The van der Waals surface area contributed by atoms with Gasteiger partial charge in [0.2, 0.25) is 0 Å². The Balaban J connectivity index is 1.65. The normalized spacial score (nSPS) is 11.2. The standard InChI is InChI=1S/C22H20N4O4/c1-14(2)20-23-18(30-25-20)13-29-22(28)19-16-10-6-7-11-17(16)21(27)26(24-19)12-15-8-4-3-5-9-15/h3-11,14H,12-13H2,1-2H3. The summed E-state index contributed by atoms with van der Waals surface area (Å²) in [7, 11) is 0. The predicted octanol–water partition coefficient (Wildman–Crippen LogP) is 3.31. The van der Waals surface area contributed by atoms with E-state index >= 15 is 0 Å². The van der Waals surface area contributed by atoms with Gasteiger partial charge in [0.25, 0.3) is 11.4 Å². The quantitative estimate of drug-likeness (QED) is 0.455. The van der Waals surface area contributed by atoms with Crippen LogP contribution in [0.3, 0.4) is 0 Å². The number of aromatic nitrogens is 4. The molecule has 0 aliphatic carbocycles. The number of hydrogen-bond acceptors (Lipinski definition) is 7. The second-order valence-electron chi connectivity index (χ2n) is 7.12. The largest absolute Gasteiger partial charge is 0.451 e. The third kappa shape index (κ3) is 3.98. The van der Waals surface area contributed by atoms with Crippen LogP contribution in [0.4, 0.5) is 0 Å². The molecule has 4 aromatic rings. The molecule has 8 nitrogen and oxygen atoms in total. The summed E-state index contributed by atoms with van der Waals surface area (Å²) in [6.07, 6.45) is 0. The summed E-state index contributed by atoms with van der Waals surface area (Å²) in [4.78, 5) is 29.9. The van der Waals surface area contributed by atoms with Crippen LogP contribution in [0.2, 0.25) is 0 Å². The third-order valence-corrected chi connectivity index (χ3v) is 4.56. The molecule has 8 heteroatoms. The Kier molecular flexibility index (Phi) is 5.38. The summed E-state index contributed by atoms with van der Waals surface area (Å²) in [5.41, 5.74) is 0.683. The van der Waals surface area contributed by atoms with Crippen molar-refractivity contribution in [1.82, 2.24) is 19.9 Å². The lowest BCUT2D eigenvalue weighted by molar-refractivity contribution is 0.0422.